The summed E-state index contributed by atoms with van der Waals surface area (Å²) in [5, 5.41) is 20.4. The molecule has 0 radical (unpaired) electrons. The maximum atomic E-state index is 10.5. The first-order valence-corrected chi connectivity index (χ1v) is 3.64. The van der Waals surface area contributed by atoms with Crippen molar-refractivity contribution in [2.24, 2.45) is 0 Å². The molecule has 0 fully saturated rings. The standard InChI is InChI=1S/C8H6N2O3/c11-9-5-4-6-2-1-3-7(8(6)9)10(12)13/h1-5,11H. The third-order valence-electron chi connectivity index (χ3n) is 1.87. The third-order valence-corrected chi connectivity index (χ3v) is 1.87. The van der Waals surface area contributed by atoms with Crippen LogP contribution in [0.15, 0.2) is 30.5 Å². The summed E-state index contributed by atoms with van der Waals surface area (Å²) in [5.41, 5.74) is 0.137. The lowest BCUT2D eigenvalue weighted by molar-refractivity contribution is -0.383. The molecule has 2 rings (SSSR count). The highest BCUT2D eigenvalue weighted by molar-refractivity contribution is 5.88. The minimum Gasteiger partial charge on any atom is -0.428 e. The zero-order chi connectivity index (χ0) is 9.42. The Balaban J connectivity index is 2.88. The number of nitrogens with zero attached hydrogens (tertiary/aromatic N) is 2. The van der Waals surface area contributed by atoms with Crippen LogP contribution < -0.4 is 0 Å². The molecule has 0 saturated heterocycles. The van der Waals surface area contributed by atoms with E-state index in [1.54, 1.807) is 18.2 Å². The molecule has 0 aliphatic heterocycles. The van der Waals surface area contributed by atoms with Crippen LogP contribution in [0.4, 0.5) is 5.69 Å². The van der Waals surface area contributed by atoms with E-state index >= 15 is 0 Å². The zero-order valence-corrected chi connectivity index (χ0v) is 6.54. The molecule has 1 aromatic heterocycles. The van der Waals surface area contributed by atoms with Crippen LogP contribution in [0.1, 0.15) is 0 Å². The fraction of sp³-hybridized carbons (Fsp3) is 0. The molecule has 1 N–H and O–H groups in total. The number of aromatic nitrogens is 1. The number of hydrogen-bond donors (Lipinski definition) is 1. The average Bonchev–Trinajstić information content (AvgIpc) is 2.48. The summed E-state index contributed by atoms with van der Waals surface area (Å²) in [4.78, 5) is 10.0. The van der Waals surface area contributed by atoms with Crippen LogP contribution in [0.2, 0.25) is 0 Å². The van der Waals surface area contributed by atoms with E-state index in [-0.39, 0.29) is 11.2 Å². The molecule has 0 atom stereocenters. The van der Waals surface area contributed by atoms with E-state index in [0.717, 1.165) is 4.73 Å². The Morgan fingerprint density at radius 2 is 2.15 bits per heavy atom. The molecule has 2 aromatic rings. The van der Waals surface area contributed by atoms with Crippen LogP contribution in [-0.2, 0) is 0 Å². The lowest BCUT2D eigenvalue weighted by atomic mass is 10.2. The van der Waals surface area contributed by atoms with Crippen LogP contribution in [0.3, 0.4) is 0 Å². The van der Waals surface area contributed by atoms with Crippen molar-refractivity contribution < 1.29 is 10.1 Å². The molecular weight excluding hydrogens is 172 g/mol. The van der Waals surface area contributed by atoms with E-state index in [2.05, 4.69) is 0 Å². The number of nitro groups is 1. The largest absolute Gasteiger partial charge is 0.428 e. The van der Waals surface area contributed by atoms with Gasteiger partial charge in [0.15, 0.2) is 5.52 Å². The molecule has 0 unspecified atom stereocenters. The van der Waals surface area contributed by atoms with Crippen molar-refractivity contribution in [2.75, 3.05) is 0 Å². The third kappa shape index (κ3) is 1.01. The Labute approximate surface area is 72.9 Å². The minimum atomic E-state index is -0.519. The predicted octanol–water partition coefficient (Wildman–Crippen LogP) is 1.79. The molecule has 13 heavy (non-hydrogen) atoms. The second-order valence-corrected chi connectivity index (χ2v) is 2.63. The van der Waals surface area contributed by atoms with Gasteiger partial charge in [0.2, 0.25) is 0 Å². The van der Waals surface area contributed by atoms with Crippen LogP contribution in [0.5, 0.6) is 0 Å². The number of rotatable bonds is 1. The topological polar surface area (TPSA) is 68.3 Å². The maximum Gasteiger partial charge on any atom is 0.296 e. The minimum absolute atomic E-state index is 0.0926. The monoisotopic (exact) mass is 178 g/mol. The van der Waals surface area contributed by atoms with Crippen molar-refractivity contribution in [1.29, 1.82) is 0 Å². The first-order chi connectivity index (χ1) is 6.20. The number of non-ortho nitro benzene ring substituents is 1. The van der Waals surface area contributed by atoms with Crippen LogP contribution in [-0.4, -0.2) is 14.9 Å². The van der Waals surface area contributed by atoms with Gasteiger partial charge in [-0.3, -0.25) is 10.1 Å². The lowest BCUT2D eigenvalue weighted by Crippen LogP contribution is -1.93. The maximum absolute atomic E-state index is 10.5. The Bertz CT molecular complexity index is 475. The summed E-state index contributed by atoms with van der Waals surface area (Å²) in [7, 11) is 0. The highest BCUT2D eigenvalue weighted by Crippen LogP contribution is 2.24. The van der Waals surface area contributed by atoms with E-state index in [4.69, 9.17) is 0 Å². The molecule has 0 bridgehead atoms. The van der Waals surface area contributed by atoms with Gasteiger partial charge in [-0.1, -0.05) is 12.1 Å². The number of para-hydroxylation sites is 1. The Hall–Kier alpha value is -2.04. The summed E-state index contributed by atoms with van der Waals surface area (Å²) >= 11 is 0. The Morgan fingerprint density at radius 3 is 2.85 bits per heavy atom. The summed E-state index contributed by atoms with van der Waals surface area (Å²) in [6.07, 6.45) is 1.37. The highest BCUT2D eigenvalue weighted by Gasteiger charge is 2.14. The van der Waals surface area contributed by atoms with E-state index in [1.807, 2.05) is 0 Å². The summed E-state index contributed by atoms with van der Waals surface area (Å²) in [5.74, 6) is 0. The molecule has 5 nitrogen and oxygen atoms in total. The normalized spacial score (nSPS) is 10.5. The van der Waals surface area contributed by atoms with Gasteiger partial charge < -0.3 is 5.21 Å². The van der Waals surface area contributed by atoms with E-state index in [0.29, 0.717) is 5.39 Å². The van der Waals surface area contributed by atoms with Crippen LogP contribution in [0.25, 0.3) is 10.9 Å². The SMILES string of the molecule is O=[N+]([O-])c1cccc2ccn(O)c12. The molecule has 0 saturated carbocycles. The summed E-state index contributed by atoms with van der Waals surface area (Å²) < 4.78 is 0.757. The molecule has 1 heterocycles. The van der Waals surface area contributed by atoms with Gasteiger partial charge in [-0.25, -0.2) is 0 Å². The van der Waals surface area contributed by atoms with Gasteiger partial charge in [0, 0.05) is 17.6 Å². The van der Waals surface area contributed by atoms with Crippen molar-refractivity contribution in [1.82, 2.24) is 4.73 Å². The van der Waals surface area contributed by atoms with E-state index in [9.17, 15) is 15.3 Å². The Kier molecular flexibility index (Phi) is 1.45. The molecule has 0 spiro atoms. The van der Waals surface area contributed by atoms with Crippen molar-refractivity contribution in [2.45, 2.75) is 0 Å². The average molecular weight is 178 g/mol. The fourth-order valence-corrected chi connectivity index (χ4v) is 1.31. The van der Waals surface area contributed by atoms with Gasteiger partial charge in [-0.15, -0.1) is 0 Å². The quantitative estimate of drug-likeness (QED) is 0.411. The molecule has 66 valence electrons. The summed E-state index contributed by atoms with van der Waals surface area (Å²) in [6.45, 7) is 0. The van der Waals surface area contributed by atoms with Crippen molar-refractivity contribution in [3.05, 3.63) is 40.6 Å². The second-order valence-electron chi connectivity index (χ2n) is 2.63. The van der Waals surface area contributed by atoms with E-state index < -0.39 is 4.92 Å². The van der Waals surface area contributed by atoms with Gasteiger partial charge >= 0.3 is 0 Å². The zero-order valence-electron chi connectivity index (χ0n) is 6.54. The smallest absolute Gasteiger partial charge is 0.296 e. The van der Waals surface area contributed by atoms with Crippen molar-refractivity contribution in [3.8, 4) is 0 Å². The first kappa shape index (κ1) is 7.60. The van der Waals surface area contributed by atoms with E-state index in [1.165, 1.54) is 12.3 Å². The van der Waals surface area contributed by atoms with Gasteiger partial charge in [-0.2, -0.15) is 4.73 Å². The molecule has 0 aliphatic rings. The van der Waals surface area contributed by atoms with Crippen LogP contribution in [0, 0.1) is 10.1 Å². The molecule has 0 amide bonds. The van der Waals surface area contributed by atoms with Gasteiger partial charge in [0.05, 0.1) is 4.92 Å². The van der Waals surface area contributed by atoms with Gasteiger partial charge in [0.25, 0.3) is 5.69 Å². The number of fused-ring (bicyclic) bond motifs is 1. The second kappa shape index (κ2) is 2.48. The lowest BCUT2D eigenvalue weighted by Gasteiger charge is -1.95. The molecule has 5 heteroatoms. The Morgan fingerprint density at radius 1 is 1.38 bits per heavy atom. The molecule has 0 aliphatic carbocycles. The highest BCUT2D eigenvalue weighted by atomic mass is 16.6. The molecule has 1 aromatic carbocycles. The summed E-state index contributed by atoms with van der Waals surface area (Å²) in [6, 6.07) is 6.26. The number of hydrogen-bond acceptors (Lipinski definition) is 3. The van der Waals surface area contributed by atoms with Crippen LogP contribution >= 0.6 is 0 Å². The predicted molar refractivity (Wildman–Crippen MR) is 45.8 cm³/mol. The molecular formula is C8H6N2O3. The van der Waals surface area contributed by atoms with Gasteiger partial charge in [-0.05, 0) is 6.07 Å². The first-order valence-electron chi connectivity index (χ1n) is 3.64. The van der Waals surface area contributed by atoms with Gasteiger partial charge in [0.1, 0.15) is 0 Å². The van der Waals surface area contributed by atoms with Crippen molar-refractivity contribution >= 4 is 16.6 Å². The fourth-order valence-electron chi connectivity index (χ4n) is 1.31. The van der Waals surface area contributed by atoms with Crippen molar-refractivity contribution in [3.63, 3.8) is 0 Å². The number of benzene rings is 1. The number of nitro benzene ring substituents is 1.